The van der Waals surface area contributed by atoms with Crippen LogP contribution < -0.4 is 0 Å². The summed E-state index contributed by atoms with van der Waals surface area (Å²) in [6.07, 6.45) is 3.00. The average Bonchev–Trinajstić information content (AvgIpc) is 2.57. The summed E-state index contributed by atoms with van der Waals surface area (Å²) in [4.78, 5) is 1.39. The van der Waals surface area contributed by atoms with E-state index in [-0.39, 0.29) is 0 Å². The van der Waals surface area contributed by atoms with Gasteiger partial charge in [0, 0.05) is 26.0 Å². The summed E-state index contributed by atoms with van der Waals surface area (Å²) < 4.78 is 2.57. The fraction of sp³-hybridized carbons (Fsp3) is 0.333. The van der Waals surface area contributed by atoms with Crippen LogP contribution in [0.25, 0.3) is 10.1 Å². The Morgan fingerprint density at radius 2 is 2.00 bits per heavy atom. The van der Waals surface area contributed by atoms with E-state index < -0.39 is 0 Å². The van der Waals surface area contributed by atoms with E-state index >= 15 is 0 Å². The summed E-state index contributed by atoms with van der Waals surface area (Å²) >= 11 is 5.50. The highest BCUT2D eigenvalue weighted by molar-refractivity contribution is 9.10. The minimum absolute atomic E-state index is 0.294. The van der Waals surface area contributed by atoms with Crippen molar-refractivity contribution in [1.82, 2.24) is 0 Å². The predicted octanol–water partition coefficient (Wildman–Crippen LogP) is 3.98. The molecule has 1 N–H and O–H groups in total. The van der Waals surface area contributed by atoms with Crippen molar-refractivity contribution in [2.75, 3.05) is 6.61 Å². The fourth-order valence-electron chi connectivity index (χ4n) is 1.62. The van der Waals surface area contributed by atoms with Gasteiger partial charge in [-0.25, -0.2) is 0 Å². The van der Waals surface area contributed by atoms with Crippen LogP contribution in [0.2, 0.25) is 0 Å². The summed E-state index contributed by atoms with van der Waals surface area (Å²) in [5.74, 6) is 0. The standard InChI is InChI=1S/C12H13BrOS/c13-12-9-5-1-2-6-10(9)15-11(12)7-3-4-8-14/h1-2,5-6,14H,3-4,7-8H2. The van der Waals surface area contributed by atoms with E-state index in [0.717, 1.165) is 19.3 Å². The number of unbranched alkanes of at least 4 members (excludes halogenated alkanes) is 1. The fourth-order valence-corrected chi connectivity index (χ4v) is 3.68. The van der Waals surface area contributed by atoms with Gasteiger partial charge in [-0.2, -0.15) is 0 Å². The molecule has 1 nitrogen and oxygen atoms in total. The summed E-state index contributed by atoms with van der Waals surface area (Å²) in [5.41, 5.74) is 0. The molecule has 15 heavy (non-hydrogen) atoms. The molecular formula is C12H13BrOS. The zero-order valence-corrected chi connectivity index (χ0v) is 10.8. The van der Waals surface area contributed by atoms with E-state index in [0.29, 0.717) is 6.61 Å². The van der Waals surface area contributed by atoms with E-state index in [1.165, 1.54) is 19.4 Å². The van der Waals surface area contributed by atoms with Gasteiger partial charge in [0.25, 0.3) is 0 Å². The van der Waals surface area contributed by atoms with E-state index in [4.69, 9.17) is 5.11 Å². The highest BCUT2D eigenvalue weighted by Gasteiger charge is 2.08. The van der Waals surface area contributed by atoms with Crippen LogP contribution in [0.15, 0.2) is 28.7 Å². The Balaban J connectivity index is 2.24. The van der Waals surface area contributed by atoms with Crippen LogP contribution in [-0.4, -0.2) is 11.7 Å². The third kappa shape index (κ3) is 2.41. The van der Waals surface area contributed by atoms with Crippen molar-refractivity contribution < 1.29 is 5.11 Å². The lowest BCUT2D eigenvalue weighted by Gasteiger charge is -1.96. The lowest BCUT2D eigenvalue weighted by Crippen LogP contribution is -1.86. The number of thiophene rings is 1. The number of aryl methyl sites for hydroxylation is 1. The number of fused-ring (bicyclic) bond motifs is 1. The van der Waals surface area contributed by atoms with Gasteiger partial charge in [0.1, 0.15) is 0 Å². The minimum Gasteiger partial charge on any atom is -0.396 e. The first-order valence-corrected chi connectivity index (χ1v) is 6.70. The Kier molecular flexibility index (Phi) is 3.78. The smallest absolute Gasteiger partial charge is 0.0431 e. The minimum atomic E-state index is 0.294. The highest BCUT2D eigenvalue weighted by atomic mass is 79.9. The first-order valence-electron chi connectivity index (χ1n) is 5.09. The molecule has 0 aliphatic heterocycles. The Morgan fingerprint density at radius 1 is 1.20 bits per heavy atom. The number of aliphatic hydroxyl groups excluding tert-OH is 1. The third-order valence-corrected chi connectivity index (χ3v) is 4.81. The Morgan fingerprint density at radius 3 is 2.73 bits per heavy atom. The van der Waals surface area contributed by atoms with Crippen LogP contribution in [0.3, 0.4) is 0 Å². The molecule has 0 radical (unpaired) electrons. The zero-order valence-electron chi connectivity index (χ0n) is 8.37. The van der Waals surface area contributed by atoms with Crippen LogP contribution in [0.1, 0.15) is 17.7 Å². The Labute approximate surface area is 102 Å². The van der Waals surface area contributed by atoms with Gasteiger partial charge in [0.05, 0.1) is 0 Å². The lowest BCUT2D eigenvalue weighted by molar-refractivity contribution is 0.285. The van der Waals surface area contributed by atoms with Crippen molar-refractivity contribution in [3.8, 4) is 0 Å². The average molecular weight is 285 g/mol. The Bertz CT molecular complexity index is 450. The van der Waals surface area contributed by atoms with Gasteiger partial charge in [-0.15, -0.1) is 11.3 Å². The van der Waals surface area contributed by atoms with Gasteiger partial charge in [-0.3, -0.25) is 0 Å². The van der Waals surface area contributed by atoms with E-state index in [1.807, 2.05) is 11.3 Å². The molecule has 0 fully saturated rings. The number of hydrogen-bond donors (Lipinski definition) is 1. The highest BCUT2D eigenvalue weighted by Crippen LogP contribution is 2.36. The van der Waals surface area contributed by atoms with Crippen LogP contribution in [0.4, 0.5) is 0 Å². The van der Waals surface area contributed by atoms with Gasteiger partial charge in [-0.1, -0.05) is 18.2 Å². The third-order valence-electron chi connectivity index (χ3n) is 2.41. The summed E-state index contributed by atoms with van der Waals surface area (Å²) in [5, 5.41) is 10.1. The lowest BCUT2D eigenvalue weighted by atomic mass is 10.2. The van der Waals surface area contributed by atoms with Crippen molar-refractivity contribution in [1.29, 1.82) is 0 Å². The van der Waals surface area contributed by atoms with Crippen molar-refractivity contribution in [3.05, 3.63) is 33.6 Å². The molecule has 0 amide bonds. The molecule has 2 rings (SSSR count). The van der Waals surface area contributed by atoms with Crippen molar-refractivity contribution in [2.24, 2.45) is 0 Å². The van der Waals surface area contributed by atoms with Gasteiger partial charge in [0.15, 0.2) is 0 Å². The first kappa shape index (κ1) is 11.1. The maximum Gasteiger partial charge on any atom is 0.0431 e. The topological polar surface area (TPSA) is 20.2 Å². The number of hydrogen-bond acceptors (Lipinski definition) is 2. The molecular weight excluding hydrogens is 272 g/mol. The van der Waals surface area contributed by atoms with Crippen LogP contribution in [-0.2, 0) is 6.42 Å². The second-order valence-electron chi connectivity index (χ2n) is 3.52. The molecule has 2 aromatic rings. The van der Waals surface area contributed by atoms with E-state index in [2.05, 4.69) is 40.2 Å². The second-order valence-corrected chi connectivity index (χ2v) is 5.45. The van der Waals surface area contributed by atoms with Gasteiger partial charge in [-0.05, 0) is 41.3 Å². The van der Waals surface area contributed by atoms with E-state index in [1.54, 1.807) is 0 Å². The normalized spacial score (nSPS) is 11.1. The number of halogens is 1. The summed E-state index contributed by atoms with van der Waals surface area (Å²) in [6.45, 7) is 0.294. The number of rotatable bonds is 4. The largest absolute Gasteiger partial charge is 0.396 e. The monoisotopic (exact) mass is 284 g/mol. The number of aliphatic hydroxyl groups is 1. The van der Waals surface area contributed by atoms with E-state index in [9.17, 15) is 0 Å². The molecule has 0 atom stereocenters. The molecule has 1 aromatic carbocycles. The van der Waals surface area contributed by atoms with Crippen LogP contribution >= 0.6 is 27.3 Å². The molecule has 0 saturated heterocycles. The van der Waals surface area contributed by atoms with Crippen molar-refractivity contribution in [2.45, 2.75) is 19.3 Å². The summed E-state index contributed by atoms with van der Waals surface area (Å²) in [7, 11) is 0. The quantitative estimate of drug-likeness (QED) is 0.842. The molecule has 80 valence electrons. The van der Waals surface area contributed by atoms with Crippen molar-refractivity contribution in [3.63, 3.8) is 0 Å². The van der Waals surface area contributed by atoms with Gasteiger partial charge in [0.2, 0.25) is 0 Å². The molecule has 3 heteroatoms. The molecule has 0 unspecified atom stereocenters. The molecule has 0 spiro atoms. The van der Waals surface area contributed by atoms with Gasteiger partial charge < -0.3 is 5.11 Å². The molecule has 0 saturated carbocycles. The predicted molar refractivity (Wildman–Crippen MR) is 69.5 cm³/mol. The molecule has 0 bridgehead atoms. The Hall–Kier alpha value is -0.380. The maximum atomic E-state index is 8.75. The maximum absolute atomic E-state index is 8.75. The summed E-state index contributed by atoms with van der Waals surface area (Å²) in [6, 6.07) is 8.44. The van der Waals surface area contributed by atoms with Crippen molar-refractivity contribution >= 4 is 37.4 Å². The first-order chi connectivity index (χ1) is 7.33. The van der Waals surface area contributed by atoms with Crippen LogP contribution in [0, 0.1) is 0 Å². The molecule has 0 aliphatic rings. The zero-order chi connectivity index (χ0) is 10.7. The van der Waals surface area contributed by atoms with Crippen LogP contribution in [0.5, 0.6) is 0 Å². The molecule has 0 aliphatic carbocycles. The SMILES string of the molecule is OCCCCc1sc2ccccc2c1Br. The van der Waals surface area contributed by atoms with Gasteiger partial charge >= 0.3 is 0 Å². The number of benzene rings is 1. The molecule has 1 aromatic heterocycles. The molecule has 1 heterocycles. The second kappa shape index (κ2) is 5.10.